The highest BCUT2D eigenvalue weighted by Gasteiger charge is 2.15. The maximum absolute atomic E-state index is 4.74. The van der Waals surface area contributed by atoms with E-state index in [1.54, 1.807) is 18.6 Å². The number of nitrogens with zero attached hydrogens (tertiary/aromatic N) is 4. The van der Waals surface area contributed by atoms with E-state index in [0.717, 1.165) is 48.6 Å². The van der Waals surface area contributed by atoms with Gasteiger partial charge in [-0.25, -0.2) is 9.97 Å². The van der Waals surface area contributed by atoms with E-state index in [4.69, 9.17) is 9.97 Å². The number of anilines is 1. The molecule has 4 heterocycles. The van der Waals surface area contributed by atoms with Crippen LogP contribution < -0.4 is 10.6 Å². The lowest BCUT2D eigenvalue weighted by atomic mass is 10.1. The molecule has 1 aliphatic heterocycles. The number of aromatic nitrogens is 4. The van der Waals surface area contributed by atoms with Gasteiger partial charge in [0.05, 0.1) is 5.69 Å². The van der Waals surface area contributed by atoms with Crippen LogP contribution in [0, 0.1) is 0 Å². The van der Waals surface area contributed by atoms with Crippen molar-refractivity contribution in [3.8, 4) is 22.6 Å². The van der Waals surface area contributed by atoms with Gasteiger partial charge in [-0.05, 0) is 50.2 Å². The summed E-state index contributed by atoms with van der Waals surface area (Å²) in [5.74, 6) is 1.55. The Labute approximate surface area is 146 Å². The van der Waals surface area contributed by atoms with Crippen molar-refractivity contribution in [2.24, 2.45) is 0 Å². The van der Waals surface area contributed by atoms with Crippen LogP contribution in [0.1, 0.15) is 12.8 Å². The molecule has 0 saturated carbocycles. The van der Waals surface area contributed by atoms with Crippen molar-refractivity contribution in [2.45, 2.75) is 18.9 Å². The van der Waals surface area contributed by atoms with Crippen molar-refractivity contribution in [1.82, 2.24) is 25.3 Å². The Bertz CT molecular complexity index is 758. The maximum Gasteiger partial charge on any atom is 0.162 e. The SMILES string of the molecule is c1cncc(-c2cc(NC3CCNCC3)nc(-c3ccncc3)n2)c1. The first kappa shape index (κ1) is 15.7. The van der Waals surface area contributed by atoms with E-state index in [9.17, 15) is 0 Å². The van der Waals surface area contributed by atoms with Crippen molar-refractivity contribution < 1.29 is 0 Å². The third-order valence-corrected chi connectivity index (χ3v) is 4.31. The molecular formula is C19H20N6. The normalized spacial score (nSPS) is 15.0. The minimum absolute atomic E-state index is 0.434. The standard InChI is InChI=1S/C19H20N6/c1-2-15(13-22-7-1)17-12-18(23-16-5-10-21-11-6-16)25-19(24-17)14-3-8-20-9-4-14/h1-4,7-9,12-13,16,21H,5-6,10-11H2,(H,23,24,25). The average Bonchev–Trinajstić information content (AvgIpc) is 2.70. The highest BCUT2D eigenvalue weighted by atomic mass is 15.1. The molecule has 4 rings (SSSR count). The van der Waals surface area contributed by atoms with Gasteiger partial charge in [0.25, 0.3) is 0 Å². The van der Waals surface area contributed by atoms with Gasteiger partial charge < -0.3 is 10.6 Å². The monoisotopic (exact) mass is 332 g/mol. The Morgan fingerprint density at radius 1 is 0.920 bits per heavy atom. The van der Waals surface area contributed by atoms with E-state index < -0.39 is 0 Å². The van der Waals surface area contributed by atoms with Crippen LogP contribution in [-0.2, 0) is 0 Å². The van der Waals surface area contributed by atoms with Crippen LogP contribution >= 0.6 is 0 Å². The first-order valence-electron chi connectivity index (χ1n) is 8.55. The largest absolute Gasteiger partial charge is 0.367 e. The van der Waals surface area contributed by atoms with E-state index in [-0.39, 0.29) is 0 Å². The Kier molecular flexibility index (Phi) is 4.61. The highest BCUT2D eigenvalue weighted by molar-refractivity contribution is 5.66. The van der Waals surface area contributed by atoms with E-state index in [0.29, 0.717) is 11.9 Å². The molecule has 0 bridgehead atoms. The summed E-state index contributed by atoms with van der Waals surface area (Å²) in [4.78, 5) is 17.8. The predicted octanol–water partition coefficient (Wildman–Crippen LogP) is 2.76. The fourth-order valence-electron chi connectivity index (χ4n) is 2.99. The van der Waals surface area contributed by atoms with Crippen molar-refractivity contribution in [2.75, 3.05) is 18.4 Å². The van der Waals surface area contributed by atoms with Crippen molar-refractivity contribution >= 4 is 5.82 Å². The zero-order valence-corrected chi connectivity index (χ0v) is 13.9. The second-order valence-corrected chi connectivity index (χ2v) is 6.11. The molecule has 6 heteroatoms. The summed E-state index contributed by atoms with van der Waals surface area (Å²) in [6.45, 7) is 2.07. The van der Waals surface area contributed by atoms with Crippen molar-refractivity contribution in [3.05, 3.63) is 55.1 Å². The smallest absolute Gasteiger partial charge is 0.162 e. The molecule has 0 unspecified atom stereocenters. The van der Waals surface area contributed by atoms with Gasteiger partial charge in [0, 0.05) is 48.0 Å². The molecule has 0 aromatic carbocycles. The van der Waals surface area contributed by atoms with E-state index >= 15 is 0 Å². The molecule has 6 nitrogen and oxygen atoms in total. The molecule has 0 aliphatic carbocycles. The van der Waals surface area contributed by atoms with Crippen LogP contribution in [0.3, 0.4) is 0 Å². The van der Waals surface area contributed by atoms with Gasteiger partial charge >= 0.3 is 0 Å². The fraction of sp³-hybridized carbons (Fsp3) is 0.263. The zero-order chi connectivity index (χ0) is 16.9. The Morgan fingerprint density at radius 2 is 1.76 bits per heavy atom. The number of nitrogens with one attached hydrogen (secondary N) is 2. The lowest BCUT2D eigenvalue weighted by Crippen LogP contribution is -2.35. The van der Waals surface area contributed by atoms with Crippen LogP contribution in [0.25, 0.3) is 22.6 Å². The number of hydrogen-bond acceptors (Lipinski definition) is 6. The lowest BCUT2D eigenvalue weighted by molar-refractivity contribution is 0.478. The van der Waals surface area contributed by atoms with Gasteiger partial charge in [0.2, 0.25) is 0 Å². The van der Waals surface area contributed by atoms with Crippen molar-refractivity contribution in [3.63, 3.8) is 0 Å². The second-order valence-electron chi connectivity index (χ2n) is 6.11. The molecule has 0 atom stereocenters. The number of rotatable bonds is 4. The first-order valence-corrected chi connectivity index (χ1v) is 8.55. The average molecular weight is 332 g/mol. The molecule has 2 N–H and O–H groups in total. The molecule has 0 radical (unpaired) electrons. The molecular weight excluding hydrogens is 312 g/mol. The summed E-state index contributed by atoms with van der Waals surface area (Å²) in [6.07, 6.45) is 9.30. The number of pyridine rings is 2. The molecule has 25 heavy (non-hydrogen) atoms. The van der Waals surface area contributed by atoms with Gasteiger partial charge in [0.15, 0.2) is 5.82 Å². The summed E-state index contributed by atoms with van der Waals surface area (Å²) < 4.78 is 0. The van der Waals surface area contributed by atoms with Gasteiger partial charge in [0.1, 0.15) is 5.82 Å². The van der Waals surface area contributed by atoms with Crippen LogP contribution in [0.4, 0.5) is 5.82 Å². The summed E-state index contributed by atoms with van der Waals surface area (Å²) in [5, 5.41) is 6.96. The van der Waals surface area contributed by atoms with Crippen molar-refractivity contribution in [1.29, 1.82) is 0 Å². The molecule has 1 fully saturated rings. The third kappa shape index (κ3) is 3.80. The highest BCUT2D eigenvalue weighted by Crippen LogP contribution is 2.24. The first-order chi connectivity index (χ1) is 12.4. The Morgan fingerprint density at radius 3 is 2.52 bits per heavy atom. The minimum atomic E-state index is 0.434. The number of piperidine rings is 1. The van der Waals surface area contributed by atoms with Crippen LogP contribution in [0.15, 0.2) is 55.1 Å². The quantitative estimate of drug-likeness (QED) is 0.765. The summed E-state index contributed by atoms with van der Waals surface area (Å²) in [6, 6.07) is 10.2. The second kappa shape index (κ2) is 7.36. The molecule has 1 aliphatic rings. The molecule has 0 spiro atoms. The van der Waals surface area contributed by atoms with Crippen LogP contribution in [-0.4, -0.2) is 39.1 Å². The minimum Gasteiger partial charge on any atom is -0.367 e. The summed E-state index contributed by atoms with van der Waals surface area (Å²) in [5.41, 5.74) is 2.80. The molecule has 0 amide bonds. The van der Waals surface area contributed by atoms with Crippen LogP contribution in [0.5, 0.6) is 0 Å². The Hall–Kier alpha value is -2.86. The summed E-state index contributed by atoms with van der Waals surface area (Å²) in [7, 11) is 0. The van der Waals surface area contributed by atoms with Gasteiger partial charge in [-0.3, -0.25) is 9.97 Å². The zero-order valence-electron chi connectivity index (χ0n) is 13.9. The van der Waals surface area contributed by atoms with E-state index in [2.05, 4.69) is 20.6 Å². The van der Waals surface area contributed by atoms with Gasteiger partial charge in [-0.1, -0.05) is 0 Å². The molecule has 126 valence electrons. The maximum atomic E-state index is 4.74. The lowest BCUT2D eigenvalue weighted by Gasteiger charge is -2.24. The molecule has 3 aromatic rings. The van der Waals surface area contributed by atoms with Crippen LogP contribution in [0.2, 0.25) is 0 Å². The fourth-order valence-corrected chi connectivity index (χ4v) is 2.99. The van der Waals surface area contributed by atoms with E-state index in [1.807, 2.05) is 36.5 Å². The third-order valence-electron chi connectivity index (χ3n) is 4.31. The number of hydrogen-bond donors (Lipinski definition) is 2. The molecule has 3 aromatic heterocycles. The summed E-state index contributed by atoms with van der Waals surface area (Å²) >= 11 is 0. The topological polar surface area (TPSA) is 75.6 Å². The molecule has 1 saturated heterocycles. The van der Waals surface area contributed by atoms with Gasteiger partial charge in [-0.2, -0.15) is 0 Å². The Balaban J connectivity index is 1.72. The van der Waals surface area contributed by atoms with E-state index in [1.165, 1.54) is 0 Å². The van der Waals surface area contributed by atoms with Gasteiger partial charge in [-0.15, -0.1) is 0 Å². The predicted molar refractivity (Wildman–Crippen MR) is 98.0 cm³/mol.